The first kappa shape index (κ1) is 16.1. The maximum Gasteiger partial charge on any atom is 0.163 e. The lowest BCUT2D eigenvalue weighted by molar-refractivity contribution is 0.262. The number of rotatable bonds is 8. The monoisotopic (exact) mass is 270 g/mol. The van der Waals surface area contributed by atoms with Gasteiger partial charge in [-0.2, -0.15) is 0 Å². The Morgan fingerprint density at radius 2 is 1.84 bits per heavy atom. The molecular formula is C15H24F2N2. The van der Waals surface area contributed by atoms with Gasteiger partial charge in [0.05, 0.1) is 0 Å². The highest BCUT2D eigenvalue weighted by molar-refractivity contribution is 5.23. The third-order valence-electron chi connectivity index (χ3n) is 3.33. The second-order valence-electron chi connectivity index (χ2n) is 4.64. The zero-order valence-corrected chi connectivity index (χ0v) is 12.0. The molecule has 1 atom stereocenters. The molecule has 0 amide bonds. The summed E-state index contributed by atoms with van der Waals surface area (Å²) >= 11 is 0. The minimum Gasteiger partial charge on any atom is -0.309 e. The smallest absolute Gasteiger partial charge is 0.163 e. The Morgan fingerprint density at radius 1 is 1.16 bits per heavy atom. The van der Waals surface area contributed by atoms with Gasteiger partial charge >= 0.3 is 0 Å². The molecule has 1 aromatic rings. The first-order chi connectivity index (χ1) is 9.13. The van der Waals surface area contributed by atoms with Crippen molar-refractivity contribution in [2.24, 2.45) is 0 Å². The summed E-state index contributed by atoms with van der Waals surface area (Å²) < 4.78 is 27.3. The van der Waals surface area contributed by atoms with E-state index in [9.17, 15) is 8.78 Å². The van der Waals surface area contributed by atoms with Gasteiger partial charge in [-0.1, -0.05) is 32.9 Å². The number of hydrogen-bond donors (Lipinski definition) is 1. The first-order valence-electron chi connectivity index (χ1n) is 7.03. The number of hydrogen-bond acceptors (Lipinski definition) is 2. The van der Waals surface area contributed by atoms with Gasteiger partial charge in [0.1, 0.15) is 0 Å². The quantitative estimate of drug-likeness (QED) is 0.779. The van der Waals surface area contributed by atoms with Gasteiger partial charge in [0.15, 0.2) is 11.6 Å². The summed E-state index contributed by atoms with van der Waals surface area (Å²) in [5.41, 5.74) is 0.417. The average molecular weight is 270 g/mol. The van der Waals surface area contributed by atoms with E-state index >= 15 is 0 Å². The molecule has 108 valence electrons. The molecule has 0 aliphatic carbocycles. The maximum atomic E-state index is 13.9. The van der Waals surface area contributed by atoms with E-state index in [1.807, 2.05) is 0 Å². The molecule has 19 heavy (non-hydrogen) atoms. The summed E-state index contributed by atoms with van der Waals surface area (Å²) in [5, 5.41) is 3.30. The maximum absolute atomic E-state index is 13.9. The second-order valence-corrected chi connectivity index (χ2v) is 4.64. The Labute approximate surface area is 114 Å². The normalized spacial score (nSPS) is 12.9. The van der Waals surface area contributed by atoms with Crippen LogP contribution in [0.15, 0.2) is 18.2 Å². The van der Waals surface area contributed by atoms with Crippen LogP contribution in [0, 0.1) is 11.6 Å². The van der Waals surface area contributed by atoms with Gasteiger partial charge in [-0.25, -0.2) is 8.78 Å². The van der Waals surface area contributed by atoms with Crippen LogP contribution in [-0.4, -0.2) is 31.1 Å². The molecule has 0 aromatic heterocycles. The van der Waals surface area contributed by atoms with Crippen LogP contribution < -0.4 is 5.32 Å². The number of nitrogens with one attached hydrogen (secondary N) is 1. The summed E-state index contributed by atoms with van der Waals surface area (Å²) in [7, 11) is 0. The molecule has 4 heteroatoms. The van der Waals surface area contributed by atoms with Crippen LogP contribution in [0.4, 0.5) is 8.78 Å². The zero-order chi connectivity index (χ0) is 14.3. The number of benzene rings is 1. The molecule has 0 saturated heterocycles. The molecule has 1 aromatic carbocycles. The third kappa shape index (κ3) is 4.55. The zero-order valence-electron chi connectivity index (χ0n) is 12.0. The van der Waals surface area contributed by atoms with Crippen molar-refractivity contribution in [2.75, 3.05) is 26.2 Å². The lowest BCUT2D eigenvalue weighted by Gasteiger charge is -2.27. The van der Waals surface area contributed by atoms with Crippen LogP contribution in [0.25, 0.3) is 0 Å². The Kier molecular flexibility index (Phi) is 6.95. The second kappa shape index (κ2) is 8.23. The number of nitrogens with zero attached hydrogens (tertiary/aromatic N) is 1. The van der Waals surface area contributed by atoms with Crippen LogP contribution >= 0.6 is 0 Å². The van der Waals surface area contributed by atoms with Crippen LogP contribution in [0.1, 0.15) is 38.8 Å². The van der Waals surface area contributed by atoms with Crippen LogP contribution in [0.2, 0.25) is 0 Å². The van der Waals surface area contributed by atoms with E-state index in [0.29, 0.717) is 12.1 Å². The average Bonchev–Trinajstić information content (AvgIpc) is 2.43. The Morgan fingerprint density at radius 3 is 2.42 bits per heavy atom. The van der Waals surface area contributed by atoms with Crippen molar-refractivity contribution in [1.82, 2.24) is 10.2 Å². The third-order valence-corrected chi connectivity index (χ3v) is 3.33. The molecule has 1 rings (SSSR count). The van der Waals surface area contributed by atoms with Crippen LogP contribution in [0.5, 0.6) is 0 Å². The summed E-state index contributed by atoms with van der Waals surface area (Å²) in [6.45, 7) is 9.48. The highest BCUT2D eigenvalue weighted by Crippen LogP contribution is 2.20. The number of halogens is 2. The predicted octanol–water partition coefficient (Wildman–Crippen LogP) is 3.35. The van der Waals surface area contributed by atoms with Crippen molar-refractivity contribution in [3.05, 3.63) is 35.4 Å². The van der Waals surface area contributed by atoms with Gasteiger partial charge in [-0.15, -0.1) is 0 Å². The molecule has 0 fully saturated rings. The molecule has 1 unspecified atom stereocenters. The Bertz CT molecular complexity index is 378. The van der Waals surface area contributed by atoms with Crippen molar-refractivity contribution < 1.29 is 8.78 Å². The molecule has 0 radical (unpaired) electrons. The fourth-order valence-electron chi connectivity index (χ4n) is 2.12. The van der Waals surface area contributed by atoms with Gasteiger partial charge < -0.3 is 10.2 Å². The Hall–Kier alpha value is -1.00. The van der Waals surface area contributed by atoms with Gasteiger partial charge in [-0.05, 0) is 32.1 Å². The van der Waals surface area contributed by atoms with Crippen molar-refractivity contribution in [1.29, 1.82) is 0 Å². The first-order valence-corrected chi connectivity index (χ1v) is 7.03. The van der Waals surface area contributed by atoms with E-state index in [4.69, 9.17) is 0 Å². The molecule has 1 N–H and O–H groups in total. The fraction of sp³-hybridized carbons (Fsp3) is 0.600. The summed E-state index contributed by atoms with van der Waals surface area (Å²) in [6.07, 6.45) is 0.964. The Balaban J connectivity index is 2.91. The number of likely N-dealkylation sites (N-methyl/N-ethyl adjacent to an activating group) is 1. The molecule has 0 bridgehead atoms. The summed E-state index contributed by atoms with van der Waals surface area (Å²) in [4.78, 5) is 2.21. The standard InChI is InChI=1S/C15H24F2N2/c1-4-10-18-14(11-19(5-2)6-3)12-8-7-9-13(16)15(12)17/h7-9,14,18H,4-6,10-11H2,1-3H3. The molecular weight excluding hydrogens is 246 g/mol. The van der Waals surface area contributed by atoms with E-state index in [2.05, 4.69) is 31.0 Å². The highest BCUT2D eigenvalue weighted by atomic mass is 19.2. The molecule has 0 heterocycles. The van der Waals surface area contributed by atoms with E-state index in [1.165, 1.54) is 0 Å². The van der Waals surface area contributed by atoms with Gasteiger partial charge in [0.25, 0.3) is 0 Å². The molecule has 0 spiro atoms. The summed E-state index contributed by atoms with van der Waals surface area (Å²) in [5.74, 6) is -1.51. The van der Waals surface area contributed by atoms with Gasteiger partial charge in [0, 0.05) is 18.2 Å². The molecule has 2 nitrogen and oxygen atoms in total. The van der Waals surface area contributed by atoms with E-state index in [1.54, 1.807) is 12.1 Å². The molecule has 0 aliphatic rings. The van der Waals surface area contributed by atoms with E-state index in [0.717, 1.165) is 32.1 Å². The SMILES string of the molecule is CCCNC(CN(CC)CC)c1cccc(F)c1F. The largest absolute Gasteiger partial charge is 0.309 e. The van der Waals surface area contributed by atoms with Crippen molar-refractivity contribution in [3.8, 4) is 0 Å². The van der Waals surface area contributed by atoms with Crippen molar-refractivity contribution in [3.63, 3.8) is 0 Å². The topological polar surface area (TPSA) is 15.3 Å². The van der Waals surface area contributed by atoms with Gasteiger partial charge in [0.2, 0.25) is 0 Å². The van der Waals surface area contributed by atoms with Gasteiger partial charge in [-0.3, -0.25) is 0 Å². The van der Waals surface area contributed by atoms with E-state index in [-0.39, 0.29) is 6.04 Å². The molecule has 0 aliphatic heterocycles. The lowest BCUT2D eigenvalue weighted by atomic mass is 10.0. The van der Waals surface area contributed by atoms with E-state index < -0.39 is 11.6 Å². The fourth-order valence-corrected chi connectivity index (χ4v) is 2.12. The predicted molar refractivity (Wildman–Crippen MR) is 75.2 cm³/mol. The van der Waals surface area contributed by atoms with Crippen molar-refractivity contribution in [2.45, 2.75) is 33.2 Å². The minimum absolute atomic E-state index is 0.171. The minimum atomic E-state index is -0.777. The van der Waals surface area contributed by atoms with Crippen LogP contribution in [0.3, 0.4) is 0 Å². The molecule has 0 saturated carbocycles. The lowest BCUT2D eigenvalue weighted by Crippen LogP contribution is -2.36. The van der Waals surface area contributed by atoms with Crippen molar-refractivity contribution >= 4 is 0 Å². The van der Waals surface area contributed by atoms with Crippen LogP contribution in [-0.2, 0) is 0 Å². The summed E-state index contributed by atoms with van der Waals surface area (Å²) in [6, 6.07) is 4.22. The highest BCUT2D eigenvalue weighted by Gasteiger charge is 2.19.